The molecule has 2 fully saturated rings. The lowest BCUT2D eigenvalue weighted by atomic mass is 10.0. The number of hydrogen-bond acceptors (Lipinski definition) is 5. The van der Waals surface area contributed by atoms with E-state index in [2.05, 4.69) is 10.9 Å². The lowest BCUT2D eigenvalue weighted by molar-refractivity contribution is -0.133. The fourth-order valence-electron chi connectivity index (χ4n) is 3.29. The van der Waals surface area contributed by atoms with Crippen LogP contribution in [-0.2, 0) is 14.8 Å². The molecular formula is C16H24N4O3S. The highest BCUT2D eigenvalue weighted by atomic mass is 32.2. The molecule has 2 aliphatic rings. The third-order valence-corrected chi connectivity index (χ3v) is 5.94. The zero-order chi connectivity index (χ0) is 17.2. The third-order valence-electron chi connectivity index (χ3n) is 4.64. The van der Waals surface area contributed by atoms with Gasteiger partial charge in [0.05, 0.1) is 6.26 Å². The minimum absolute atomic E-state index is 0.0382. The Bertz CT molecular complexity index is 680. The number of hydrazine groups is 1. The minimum Gasteiger partial charge on any atom is -0.340 e. The van der Waals surface area contributed by atoms with Crippen LogP contribution >= 0.6 is 0 Å². The Balaban J connectivity index is 1.59. The third kappa shape index (κ3) is 3.94. The molecule has 2 unspecified atom stereocenters. The maximum absolute atomic E-state index is 12.7. The summed E-state index contributed by atoms with van der Waals surface area (Å²) >= 11 is 0. The fraction of sp³-hybridized carbons (Fsp3) is 0.562. The molecule has 1 aromatic rings. The van der Waals surface area contributed by atoms with Crippen LogP contribution in [0.5, 0.6) is 0 Å². The van der Waals surface area contributed by atoms with Crippen molar-refractivity contribution in [3.63, 3.8) is 0 Å². The second-order valence-corrected chi connectivity index (χ2v) is 8.36. The molecule has 0 spiro atoms. The average Bonchev–Trinajstić information content (AvgIpc) is 2.91. The average molecular weight is 352 g/mol. The first-order valence-corrected chi connectivity index (χ1v) is 10.1. The number of carbonyl (C=O) groups excluding carboxylic acids is 1. The van der Waals surface area contributed by atoms with Crippen molar-refractivity contribution < 1.29 is 13.2 Å². The molecule has 0 aromatic heterocycles. The van der Waals surface area contributed by atoms with Crippen LogP contribution in [0.4, 0.5) is 0 Å². The monoisotopic (exact) mass is 352 g/mol. The molecule has 1 amide bonds. The van der Waals surface area contributed by atoms with Gasteiger partial charge in [0.2, 0.25) is 15.9 Å². The van der Waals surface area contributed by atoms with Crippen LogP contribution in [0.1, 0.15) is 24.4 Å². The Morgan fingerprint density at radius 2 is 1.83 bits per heavy atom. The fourth-order valence-corrected chi connectivity index (χ4v) is 4.16. The molecule has 2 atom stereocenters. The maximum Gasteiger partial charge on any atom is 0.241 e. The van der Waals surface area contributed by atoms with E-state index in [4.69, 9.17) is 0 Å². The Hall–Kier alpha value is -1.48. The van der Waals surface area contributed by atoms with Crippen LogP contribution in [0, 0.1) is 0 Å². The molecular weight excluding hydrogens is 328 g/mol. The molecule has 0 bridgehead atoms. The van der Waals surface area contributed by atoms with Crippen molar-refractivity contribution in [2.24, 2.45) is 0 Å². The van der Waals surface area contributed by atoms with Crippen LogP contribution in [0.3, 0.4) is 0 Å². The van der Waals surface area contributed by atoms with E-state index in [1.54, 1.807) is 4.90 Å². The van der Waals surface area contributed by atoms with E-state index in [0.717, 1.165) is 5.56 Å². The smallest absolute Gasteiger partial charge is 0.241 e. The molecule has 132 valence electrons. The highest BCUT2D eigenvalue weighted by Gasteiger charge is 2.34. The molecule has 0 radical (unpaired) electrons. The number of rotatable bonds is 3. The van der Waals surface area contributed by atoms with E-state index in [1.807, 2.05) is 30.3 Å². The molecule has 2 N–H and O–H groups in total. The van der Waals surface area contributed by atoms with Crippen LogP contribution in [0.15, 0.2) is 30.3 Å². The summed E-state index contributed by atoms with van der Waals surface area (Å²) in [7, 11) is -3.19. The molecule has 0 saturated carbocycles. The molecule has 8 heteroatoms. The molecule has 7 nitrogen and oxygen atoms in total. The van der Waals surface area contributed by atoms with Gasteiger partial charge in [-0.15, -0.1) is 0 Å². The topological polar surface area (TPSA) is 81.8 Å². The van der Waals surface area contributed by atoms with E-state index < -0.39 is 10.0 Å². The molecule has 3 rings (SSSR count). The number of nitrogens with zero attached hydrogens (tertiary/aromatic N) is 2. The van der Waals surface area contributed by atoms with Gasteiger partial charge in [-0.05, 0) is 18.4 Å². The van der Waals surface area contributed by atoms with Gasteiger partial charge >= 0.3 is 0 Å². The van der Waals surface area contributed by atoms with Crippen molar-refractivity contribution in [2.75, 3.05) is 32.4 Å². The zero-order valence-electron chi connectivity index (χ0n) is 13.8. The summed E-state index contributed by atoms with van der Waals surface area (Å²) in [4.78, 5) is 14.5. The quantitative estimate of drug-likeness (QED) is 0.806. The van der Waals surface area contributed by atoms with Crippen LogP contribution < -0.4 is 10.9 Å². The number of amides is 1. The van der Waals surface area contributed by atoms with Gasteiger partial charge in [-0.1, -0.05) is 30.3 Å². The van der Waals surface area contributed by atoms with E-state index in [-0.39, 0.29) is 18.0 Å². The van der Waals surface area contributed by atoms with Gasteiger partial charge in [-0.2, -0.15) is 0 Å². The first kappa shape index (κ1) is 17.3. The van der Waals surface area contributed by atoms with Crippen LogP contribution in [0.25, 0.3) is 0 Å². The Labute approximate surface area is 143 Å². The molecule has 2 aliphatic heterocycles. The van der Waals surface area contributed by atoms with Gasteiger partial charge in [-0.25, -0.2) is 23.6 Å². The van der Waals surface area contributed by atoms with Gasteiger partial charge in [0, 0.05) is 32.2 Å². The summed E-state index contributed by atoms with van der Waals surface area (Å²) in [5.41, 5.74) is 7.43. The normalized spacial score (nSPS) is 26.3. The first-order valence-electron chi connectivity index (χ1n) is 8.25. The zero-order valence-corrected chi connectivity index (χ0v) is 14.6. The molecule has 2 saturated heterocycles. The lowest BCUT2D eigenvalue weighted by Crippen LogP contribution is -2.47. The van der Waals surface area contributed by atoms with Gasteiger partial charge in [0.1, 0.15) is 6.04 Å². The second-order valence-electron chi connectivity index (χ2n) is 6.38. The van der Waals surface area contributed by atoms with Crippen molar-refractivity contribution in [3.8, 4) is 0 Å². The largest absolute Gasteiger partial charge is 0.340 e. The van der Waals surface area contributed by atoms with E-state index in [0.29, 0.717) is 39.0 Å². The molecule has 1 aromatic carbocycles. The second kappa shape index (κ2) is 7.18. The SMILES string of the molecule is CS(=O)(=O)N1CCCN(C(=O)C2CC(c3ccccc3)NN2)CC1. The van der Waals surface area contributed by atoms with Gasteiger partial charge in [0.15, 0.2) is 0 Å². The highest BCUT2D eigenvalue weighted by Crippen LogP contribution is 2.23. The van der Waals surface area contributed by atoms with Crippen molar-refractivity contribution in [2.45, 2.75) is 24.9 Å². The predicted octanol–water partition coefficient (Wildman–Crippen LogP) is 0.0881. The summed E-state index contributed by atoms with van der Waals surface area (Å²) in [6, 6.07) is 9.87. The predicted molar refractivity (Wildman–Crippen MR) is 91.5 cm³/mol. The highest BCUT2D eigenvalue weighted by molar-refractivity contribution is 7.88. The lowest BCUT2D eigenvalue weighted by Gasteiger charge is -2.24. The van der Waals surface area contributed by atoms with Crippen molar-refractivity contribution >= 4 is 15.9 Å². The van der Waals surface area contributed by atoms with Crippen LogP contribution in [-0.4, -0.2) is 62.0 Å². The van der Waals surface area contributed by atoms with Crippen LogP contribution in [0.2, 0.25) is 0 Å². The summed E-state index contributed by atoms with van der Waals surface area (Å²) in [5, 5.41) is 0. The van der Waals surface area contributed by atoms with Gasteiger partial charge in [-0.3, -0.25) is 4.79 Å². The van der Waals surface area contributed by atoms with Gasteiger partial charge in [0.25, 0.3) is 0 Å². The minimum atomic E-state index is -3.19. The van der Waals surface area contributed by atoms with E-state index in [1.165, 1.54) is 10.6 Å². The van der Waals surface area contributed by atoms with Crippen molar-refractivity contribution in [1.29, 1.82) is 0 Å². The number of carbonyl (C=O) groups is 1. The summed E-state index contributed by atoms with van der Waals surface area (Å²) < 4.78 is 24.8. The molecule has 0 aliphatic carbocycles. The number of benzene rings is 1. The summed E-state index contributed by atoms with van der Waals surface area (Å²) in [5.74, 6) is 0.0382. The standard InChI is InChI=1S/C16H24N4O3S/c1-24(22,23)20-9-5-8-19(10-11-20)16(21)15-12-14(17-18-15)13-6-3-2-4-7-13/h2-4,6-7,14-15,17-18H,5,8-12H2,1H3. The number of nitrogens with one attached hydrogen (secondary N) is 2. The van der Waals surface area contributed by atoms with E-state index >= 15 is 0 Å². The Kier molecular flexibility index (Phi) is 5.19. The van der Waals surface area contributed by atoms with E-state index in [9.17, 15) is 13.2 Å². The summed E-state index contributed by atoms with van der Waals surface area (Å²) in [6.45, 7) is 1.89. The Morgan fingerprint density at radius 3 is 2.54 bits per heavy atom. The number of sulfonamides is 1. The van der Waals surface area contributed by atoms with Crippen molar-refractivity contribution in [3.05, 3.63) is 35.9 Å². The molecule has 24 heavy (non-hydrogen) atoms. The summed E-state index contributed by atoms with van der Waals surface area (Å²) in [6.07, 6.45) is 2.58. The first-order chi connectivity index (χ1) is 11.4. The van der Waals surface area contributed by atoms with Crippen molar-refractivity contribution in [1.82, 2.24) is 20.1 Å². The molecule has 2 heterocycles. The van der Waals surface area contributed by atoms with Gasteiger partial charge < -0.3 is 4.90 Å². The Morgan fingerprint density at radius 1 is 1.08 bits per heavy atom. The number of hydrogen-bond donors (Lipinski definition) is 2. The maximum atomic E-state index is 12.7.